The third-order valence-electron chi connectivity index (χ3n) is 4.42. The molecular weight excluding hydrogens is 395 g/mol. The number of hydrogen-bond donors (Lipinski definition) is 3. The van der Waals surface area contributed by atoms with E-state index in [-0.39, 0.29) is 27.5 Å². The van der Waals surface area contributed by atoms with Crippen LogP contribution in [-0.2, 0) is 5.60 Å². The Morgan fingerprint density at radius 1 is 1.17 bits per heavy atom. The highest BCUT2D eigenvalue weighted by atomic mass is 35.5. The smallest absolute Gasteiger partial charge is 0.259 e. The van der Waals surface area contributed by atoms with E-state index in [9.17, 15) is 19.4 Å². The minimum atomic E-state index is -1.33. The molecule has 3 aromatic rings. The summed E-state index contributed by atoms with van der Waals surface area (Å²) >= 11 is 6.08. The van der Waals surface area contributed by atoms with Crippen LogP contribution in [0.3, 0.4) is 0 Å². The first-order valence-corrected chi connectivity index (χ1v) is 9.25. The molecule has 0 aliphatic carbocycles. The Labute approximate surface area is 172 Å². The van der Waals surface area contributed by atoms with E-state index in [2.05, 4.69) is 10.3 Å². The van der Waals surface area contributed by atoms with Gasteiger partial charge in [-0.05, 0) is 56.7 Å². The van der Waals surface area contributed by atoms with Crippen molar-refractivity contribution in [3.8, 4) is 17.0 Å². The van der Waals surface area contributed by atoms with Gasteiger partial charge in [0.15, 0.2) is 0 Å². The lowest BCUT2D eigenvalue weighted by Crippen LogP contribution is -2.18. The fourth-order valence-electron chi connectivity index (χ4n) is 2.86. The minimum Gasteiger partial charge on any atom is -0.507 e. The predicted octanol–water partition coefficient (Wildman–Crippen LogP) is 5.03. The average Bonchev–Trinajstić information content (AvgIpc) is 2.64. The van der Waals surface area contributed by atoms with Gasteiger partial charge in [0.1, 0.15) is 17.2 Å². The van der Waals surface area contributed by atoms with Crippen LogP contribution in [0.1, 0.15) is 35.5 Å². The number of para-hydroxylation sites is 1. The summed E-state index contributed by atoms with van der Waals surface area (Å²) in [5.74, 6) is -1.77. The zero-order valence-corrected chi connectivity index (χ0v) is 16.9. The number of carbonyl (C=O) groups excluding carboxylic acids is 1. The quantitative estimate of drug-likeness (QED) is 0.558. The van der Waals surface area contributed by atoms with Crippen LogP contribution in [-0.4, -0.2) is 21.1 Å². The lowest BCUT2D eigenvalue weighted by atomic mass is 10.0. The van der Waals surface area contributed by atoms with Crippen molar-refractivity contribution in [1.82, 2.24) is 4.98 Å². The molecule has 7 heteroatoms. The van der Waals surface area contributed by atoms with E-state index in [1.807, 2.05) is 19.1 Å². The first-order valence-electron chi connectivity index (χ1n) is 8.87. The zero-order valence-electron chi connectivity index (χ0n) is 16.1. The van der Waals surface area contributed by atoms with Gasteiger partial charge in [-0.15, -0.1) is 0 Å². The molecule has 3 N–H and O–H groups in total. The zero-order chi connectivity index (χ0) is 21.3. The molecule has 0 saturated heterocycles. The van der Waals surface area contributed by atoms with Gasteiger partial charge in [-0.2, -0.15) is 0 Å². The van der Waals surface area contributed by atoms with Gasteiger partial charge >= 0.3 is 0 Å². The molecule has 0 unspecified atom stereocenters. The molecule has 5 nitrogen and oxygen atoms in total. The van der Waals surface area contributed by atoms with Crippen molar-refractivity contribution in [3.05, 3.63) is 76.2 Å². The van der Waals surface area contributed by atoms with Crippen molar-refractivity contribution in [3.63, 3.8) is 0 Å². The molecule has 1 aromatic heterocycles. The summed E-state index contributed by atoms with van der Waals surface area (Å²) < 4.78 is 14.8. The fourth-order valence-corrected chi connectivity index (χ4v) is 3.20. The van der Waals surface area contributed by atoms with Gasteiger partial charge in [0.05, 0.1) is 22.0 Å². The van der Waals surface area contributed by atoms with Crippen LogP contribution in [0.2, 0.25) is 5.02 Å². The number of nitrogens with zero attached hydrogens (tertiary/aromatic N) is 1. The summed E-state index contributed by atoms with van der Waals surface area (Å²) in [6, 6.07) is 12.2. The summed E-state index contributed by atoms with van der Waals surface area (Å²) in [5.41, 5.74) is 0.196. The second-order valence-corrected chi connectivity index (χ2v) is 7.61. The molecule has 0 fully saturated rings. The largest absolute Gasteiger partial charge is 0.507 e. The van der Waals surface area contributed by atoms with Crippen molar-refractivity contribution in [2.24, 2.45) is 0 Å². The number of aliphatic hydroxyl groups is 1. The van der Waals surface area contributed by atoms with Gasteiger partial charge in [0, 0.05) is 11.3 Å². The molecule has 0 spiro atoms. The lowest BCUT2D eigenvalue weighted by Gasteiger charge is -2.19. The lowest BCUT2D eigenvalue weighted by molar-refractivity contribution is 0.0741. The van der Waals surface area contributed by atoms with E-state index < -0.39 is 23.1 Å². The maximum Gasteiger partial charge on any atom is 0.259 e. The van der Waals surface area contributed by atoms with Gasteiger partial charge in [-0.1, -0.05) is 29.8 Å². The number of aromatic hydroxyl groups is 1. The second kappa shape index (κ2) is 7.81. The van der Waals surface area contributed by atoms with E-state index in [4.69, 9.17) is 11.6 Å². The second-order valence-electron chi connectivity index (χ2n) is 7.20. The number of halogens is 2. The van der Waals surface area contributed by atoms with E-state index >= 15 is 0 Å². The van der Waals surface area contributed by atoms with Crippen LogP contribution in [0.15, 0.2) is 48.5 Å². The first kappa shape index (κ1) is 20.8. The Balaban J connectivity index is 1.98. The number of benzene rings is 2. The number of anilines is 1. The molecule has 0 bridgehead atoms. The molecular formula is C22H20ClFN2O3. The Morgan fingerprint density at radius 2 is 1.86 bits per heavy atom. The molecule has 29 heavy (non-hydrogen) atoms. The van der Waals surface area contributed by atoms with E-state index in [0.717, 1.165) is 17.7 Å². The van der Waals surface area contributed by atoms with Crippen LogP contribution in [0, 0.1) is 12.7 Å². The molecule has 3 rings (SSSR count). The average molecular weight is 415 g/mol. The van der Waals surface area contributed by atoms with Crippen molar-refractivity contribution < 1.29 is 19.4 Å². The topological polar surface area (TPSA) is 82.5 Å². The molecule has 1 amide bonds. The number of rotatable bonds is 4. The van der Waals surface area contributed by atoms with Crippen LogP contribution in [0.4, 0.5) is 10.1 Å². The number of aryl methyl sites for hydroxylation is 1. The Bertz CT molecular complexity index is 1090. The number of aromatic nitrogens is 1. The van der Waals surface area contributed by atoms with Gasteiger partial charge in [-0.25, -0.2) is 9.37 Å². The molecule has 2 aromatic carbocycles. The number of phenols is 1. The maximum atomic E-state index is 14.8. The first-order chi connectivity index (χ1) is 13.6. The Kier molecular flexibility index (Phi) is 5.59. The molecule has 0 radical (unpaired) electrons. The van der Waals surface area contributed by atoms with E-state index in [0.29, 0.717) is 5.69 Å². The summed E-state index contributed by atoms with van der Waals surface area (Å²) in [6.07, 6.45) is 0. The summed E-state index contributed by atoms with van der Waals surface area (Å²) in [4.78, 5) is 16.7. The monoisotopic (exact) mass is 414 g/mol. The van der Waals surface area contributed by atoms with Gasteiger partial charge < -0.3 is 15.5 Å². The molecule has 0 saturated carbocycles. The van der Waals surface area contributed by atoms with Crippen molar-refractivity contribution in [2.45, 2.75) is 26.4 Å². The number of phenolic OH excluding ortho intramolecular Hbond substituents is 1. The standard InChI is InChI=1S/C22H20ClFN2O3/c1-12-6-4-5-7-17(12)26-21(28)14-10-16(24)13(11-19(14)27)18-9-8-15(23)20(25-18)22(2,3)29/h4-11,27,29H,1-3H3,(H,26,28). The minimum absolute atomic E-state index is 0.0166. The highest BCUT2D eigenvalue weighted by molar-refractivity contribution is 6.31. The summed E-state index contributed by atoms with van der Waals surface area (Å²) in [7, 11) is 0. The van der Waals surface area contributed by atoms with Crippen molar-refractivity contribution in [2.75, 3.05) is 5.32 Å². The number of nitrogens with one attached hydrogen (secondary N) is 1. The van der Waals surface area contributed by atoms with Crippen molar-refractivity contribution >= 4 is 23.2 Å². The number of carbonyl (C=O) groups is 1. The number of hydrogen-bond acceptors (Lipinski definition) is 4. The van der Waals surface area contributed by atoms with Crippen LogP contribution >= 0.6 is 11.6 Å². The van der Waals surface area contributed by atoms with Gasteiger partial charge in [0.25, 0.3) is 5.91 Å². The predicted molar refractivity (Wildman–Crippen MR) is 111 cm³/mol. The molecule has 1 heterocycles. The maximum absolute atomic E-state index is 14.8. The normalized spacial score (nSPS) is 11.4. The van der Waals surface area contributed by atoms with Gasteiger partial charge in [0.2, 0.25) is 0 Å². The SMILES string of the molecule is Cc1ccccc1NC(=O)c1cc(F)c(-c2ccc(Cl)c(C(C)(C)O)n2)cc1O. The number of pyridine rings is 1. The summed E-state index contributed by atoms with van der Waals surface area (Å²) in [6.45, 7) is 4.85. The third-order valence-corrected chi connectivity index (χ3v) is 4.73. The van der Waals surface area contributed by atoms with Crippen LogP contribution in [0.25, 0.3) is 11.3 Å². The van der Waals surface area contributed by atoms with Crippen molar-refractivity contribution in [1.29, 1.82) is 0 Å². The van der Waals surface area contributed by atoms with Crippen LogP contribution < -0.4 is 5.32 Å². The molecule has 150 valence electrons. The van der Waals surface area contributed by atoms with Gasteiger partial charge in [-0.3, -0.25) is 4.79 Å². The highest BCUT2D eigenvalue weighted by Crippen LogP contribution is 2.33. The molecule has 0 aliphatic heterocycles. The van der Waals surface area contributed by atoms with Crippen LogP contribution in [0.5, 0.6) is 5.75 Å². The summed E-state index contributed by atoms with van der Waals surface area (Å²) in [5, 5.41) is 23.4. The number of amides is 1. The van der Waals surface area contributed by atoms with E-state index in [1.54, 1.807) is 12.1 Å². The van der Waals surface area contributed by atoms with E-state index in [1.165, 1.54) is 26.0 Å². The highest BCUT2D eigenvalue weighted by Gasteiger charge is 2.24. The molecule has 0 atom stereocenters. The Hall–Kier alpha value is -2.96. The Morgan fingerprint density at radius 3 is 2.52 bits per heavy atom. The molecule has 0 aliphatic rings. The fraction of sp³-hybridized carbons (Fsp3) is 0.182. The third kappa shape index (κ3) is 4.39.